The molecular weight excluding hydrogens is 396 g/mol. The summed E-state index contributed by atoms with van der Waals surface area (Å²) in [4.78, 5) is 0. The molecule has 0 aromatic heterocycles. The Kier molecular flexibility index (Phi) is 6.87. The van der Waals surface area contributed by atoms with Crippen LogP contribution in [-0.4, -0.2) is 37.9 Å². The van der Waals surface area contributed by atoms with Gasteiger partial charge in [-0.15, -0.1) is 0 Å². The van der Waals surface area contributed by atoms with E-state index in [1.165, 1.54) is 70.6 Å². The Hall–Kier alpha value is -0.670. The molecule has 3 N–H and O–H groups in total. The van der Waals surface area contributed by atoms with Gasteiger partial charge in [-0.25, -0.2) is 0 Å². The lowest BCUT2D eigenvalue weighted by molar-refractivity contribution is -0.0294. The fraction of sp³-hybridized carbons (Fsp3) is 0.963. The third-order valence-corrected chi connectivity index (χ3v) is 10.6. The number of hydrogen-bond acceptors (Lipinski definition) is 5. The Morgan fingerprint density at radius 2 is 1.59 bits per heavy atom. The standard InChI is InChI=1S/C27H46N4O/c1-27(2,16-28)19-11-8-17(9-12-19)26-25-21-14-18(20-6-4-5-7-24(20)32-3)10-13-22(21)29-15-23(25)30-31-26/h17-26,29-31H,4-15H2,1-3H3. The molecule has 0 bridgehead atoms. The molecule has 0 aromatic rings. The molecule has 8 atom stereocenters. The van der Waals surface area contributed by atoms with Crippen LogP contribution < -0.4 is 16.2 Å². The second kappa shape index (κ2) is 9.53. The van der Waals surface area contributed by atoms with E-state index in [0.717, 1.165) is 36.1 Å². The quantitative estimate of drug-likeness (QED) is 0.602. The predicted octanol–water partition coefficient (Wildman–Crippen LogP) is 4.40. The van der Waals surface area contributed by atoms with Crippen molar-refractivity contribution in [1.29, 1.82) is 5.26 Å². The van der Waals surface area contributed by atoms with Crippen molar-refractivity contribution in [2.45, 2.75) is 109 Å². The molecule has 5 nitrogen and oxygen atoms in total. The van der Waals surface area contributed by atoms with E-state index in [4.69, 9.17) is 4.74 Å². The van der Waals surface area contributed by atoms with Gasteiger partial charge in [-0.1, -0.05) is 12.8 Å². The van der Waals surface area contributed by atoms with Gasteiger partial charge in [0.1, 0.15) is 0 Å². The molecule has 0 aromatic carbocycles. The van der Waals surface area contributed by atoms with Crippen LogP contribution in [0, 0.1) is 52.3 Å². The molecule has 5 fully saturated rings. The van der Waals surface area contributed by atoms with Gasteiger partial charge in [0.25, 0.3) is 0 Å². The fourth-order valence-corrected chi connectivity index (χ4v) is 8.66. The summed E-state index contributed by atoms with van der Waals surface area (Å²) in [6.45, 7) is 5.39. The molecule has 5 heteroatoms. The summed E-state index contributed by atoms with van der Waals surface area (Å²) in [5.41, 5.74) is 7.34. The number of nitrogens with one attached hydrogen (secondary N) is 3. The molecule has 0 amide bonds. The first-order chi connectivity index (χ1) is 15.5. The number of ether oxygens (including phenoxy) is 1. The fourth-order valence-electron chi connectivity index (χ4n) is 8.66. The molecule has 3 aliphatic carbocycles. The number of piperidine rings is 1. The van der Waals surface area contributed by atoms with E-state index in [-0.39, 0.29) is 5.41 Å². The average molecular weight is 443 g/mol. The van der Waals surface area contributed by atoms with Crippen molar-refractivity contribution in [3.8, 4) is 6.07 Å². The monoisotopic (exact) mass is 442 g/mol. The second-order valence-corrected chi connectivity index (χ2v) is 12.4. The summed E-state index contributed by atoms with van der Waals surface area (Å²) in [5.74, 6) is 4.47. The highest BCUT2D eigenvalue weighted by atomic mass is 16.5. The van der Waals surface area contributed by atoms with Crippen molar-refractivity contribution in [2.24, 2.45) is 40.9 Å². The van der Waals surface area contributed by atoms with Crippen molar-refractivity contribution >= 4 is 0 Å². The lowest BCUT2D eigenvalue weighted by Crippen LogP contribution is -2.59. The van der Waals surface area contributed by atoms with Gasteiger partial charge in [0.2, 0.25) is 0 Å². The van der Waals surface area contributed by atoms with Gasteiger partial charge >= 0.3 is 0 Å². The summed E-state index contributed by atoms with van der Waals surface area (Å²) in [5, 5.41) is 13.5. The van der Waals surface area contributed by atoms with Crippen molar-refractivity contribution in [2.75, 3.05) is 13.7 Å². The zero-order valence-corrected chi connectivity index (χ0v) is 20.6. The van der Waals surface area contributed by atoms with E-state index in [9.17, 15) is 5.26 Å². The van der Waals surface area contributed by atoms with E-state index < -0.39 is 0 Å². The number of hydrogen-bond donors (Lipinski definition) is 3. The Morgan fingerprint density at radius 3 is 2.34 bits per heavy atom. The van der Waals surface area contributed by atoms with Crippen LogP contribution in [0.4, 0.5) is 0 Å². The summed E-state index contributed by atoms with van der Waals surface area (Å²) < 4.78 is 5.98. The first kappa shape index (κ1) is 23.1. The molecule has 32 heavy (non-hydrogen) atoms. The van der Waals surface area contributed by atoms with Gasteiger partial charge < -0.3 is 10.1 Å². The number of rotatable bonds is 4. The van der Waals surface area contributed by atoms with Crippen LogP contribution in [-0.2, 0) is 4.74 Å². The van der Waals surface area contributed by atoms with E-state index in [1.54, 1.807) is 0 Å². The van der Waals surface area contributed by atoms with Crippen molar-refractivity contribution in [3.05, 3.63) is 0 Å². The average Bonchev–Trinajstić information content (AvgIpc) is 3.28. The lowest BCUT2D eigenvalue weighted by Gasteiger charge is -2.50. The second-order valence-electron chi connectivity index (χ2n) is 12.4. The molecule has 2 aliphatic heterocycles. The first-order valence-corrected chi connectivity index (χ1v) is 13.7. The maximum atomic E-state index is 9.59. The van der Waals surface area contributed by atoms with E-state index in [1.807, 2.05) is 7.11 Å². The molecule has 2 saturated heterocycles. The summed E-state index contributed by atoms with van der Waals surface area (Å²) >= 11 is 0. The van der Waals surface area contributed by atoms with Crippen LogP contribution in [0.25, 0.3) is 0 Å². The van der Waals surface area contributed by atoms with Gasteiger partial charge in [-0.2, -0.15) is 5.26 Å². The normalized spacial score (nSPS) is 47.3. The SMILES string of the molecule is COC1CCCCC1C1CCC2NCC3NNC(C4CCC(C(C)(C)C#N)CC4)C3C2C1. The van der Waals surface area contributed by atoms with Gasteiger partial charge in [-0.3, -0.25) is 10.9 Å². The Balaban J connectivity index is 1.27. The lowest BCUT2D eigenvalue weighted by atomic mass is 9.59. The molecule has 0 radical (unpaired) electrons. The Morgan fingerprint density at radius 1 is 0.844 bits per heavy atom. The van der Waals surface area contributed by atoms with Crippen molar-refractivity contribution in [3.63, 3.8) is 0 Å². The van der Waals surface area contributed by atoms with Crippen LogP contribution in [0.2, 0.25) is 0 Å². The van der Waals surface area contributed by atoms with Gasteiger partial charge in [0.05, 0.1) is 17.6 Å². The molecule has 2 heterocycles. The number of nitrogens with zero attached hydrogens (tertiary/aromatic N) is 1. The smallest absolute Gasteiger partial charge is 0.0686 e. The topological polar surface area (TPSA) is 69.1 Å². The van der Waals surface area contributed by atoms with Crippen molar-refractivity contribution < 1.29 is 4.74 Å². The third kappa shape index (κ3) is 4.26. The zero-order valence-electron chi connectivity index (χ0n) is 20.6. The van der Waals surface area contributed by atoms with Crippen LogP contribution in [0.15, 0.2) is 0 Å². The van der Waals surface area contributed by atoms with Crippen molar-refractivity contribution in [1.82, 2.24) is 16.2 Å². The first-order valence-electron chi connectivity index (χ1n) is 13.7. The summed E-state index contributed by atoms with van der Waals surface area (Å²) in [6.07, 6.45) is 15.0. The molecule has 3 saturated carbocycles. The molecule has 5 rings (SSSR count). The highest BCUT2D eigenvalue weighted by Gasteiger charge is 2.52. The molecule has 5 aliphatic rings. The van der Waals surface area contributed by atoms with Crippen LogP contribution in [0.3, 0.4) is 0 Å². The largest absolute Gasteiger partial charge is 0.381 e. The number of nitriles is 1. The minimum Gasteiger partial charge on any atom is -0.381 e. The Bertz CT molecular complexity index is 682. The van der Waals surface area contributed by atoms with E-state index >= 15 is 0 Å². The highest BCUT2D eigenvalue weighted by Crippen LogP contribution is 2.49. The number of fused-ring (bicyclic) bond motifs is 3. The number of methoxy groups -OCH3 is 1. The van der Waals surface area contributed by atoms with E-state index in [2.05, 4.69) is 36.1 Å². The molecule has 8 unspecified atom stereocenters. The third-order valence-electron chi connectivity index (χ3n) is 10.6. The Labute approximate surface area is 195 Å². The van der Waals surface area contributed by atoms with E-state index in [0.29, 0.717) is 30.1 Å². The summed E-state index contributed by atoms with van der Waals surface area (Å²) in [6, 6.07) is 4.45. The molecular formula is C27H46N4O. The van der Waals surface area contributed by atoms with Gasteiger partial charge in [0.15, 0.2) is 0 Å². The van der Waals surface area contributed by atoms with Crippen LogP contribution in [0.1, 0.15) is 84.5 Å². The van der Waals surface area contributed by atoms with Crippen LogP contribution >= 0.6 is 0 Å². The molecule has 180 valence electrons. The minimum absolute atomic E-state index is 0.177. The van der Waals surface area contributed by atoms with Crippen LogP contribution in [0.5, 0.6) is 0 Å². The molecule has 0 spiro atoms. The van der Waals surface area contributed by atoms with Gasteiger partial charge in [0, 0.05) is 31.8 Å². The zero-order chi connectivity index (χ0) is 22.3. The maximum absolute atomic E-state index is 9.59. The number of hydrazine groups is 1. The highest BCUT2D eigenvalue weighted by molar-refractivity contribution is 5.08. The predicted molar refractivity (Wildman–Crippen MR) is 128 cm³/mol. The summed E-state index contributed by atoms with van der Waals surface area (Å²) in [7, 11) is 1.94. The minimum atomic E-state index is -0.177. The van der Waals surface area contributed by atoms with Gasteiger partial charge in [-0.05, 0) is 107 Å². The maximum Gasteiger partial charge on any atom is 0.0686 e.